The number of halogens is 2. The highest BCUT2D eigenvalue weighted by molar-refractivity contribution is 6.39. The Balaban J connectivity index is 1.91. The number of fused-ring (bicyclic) bond motifs is 2. The predicted molar refractivity (Wildman–Crippen MR) is 111 cm³/mol. The fourth-order valence-corrected chi connectivity index (χ4v) is 4.07. The van der Waals surface area contributed by atoms with Crippen molar-refractivity contribution in [2.75, 3.05) is 6.54 Å². The number of hydrogen-bond donors (Lipinski definition) is 2. The van der Waals surface area contributed by atoms with E-state index in [2.05, 4.69) is 22.1 Å². The number of aryl methyl sites for hydroxylation is 1. The Morgan fingerprint density at radius 2 is 1.88 bits per heavy atom. The number of pyridine rings is 1. The standard InChI is InChI=1S/C21H19Cl2N3/c22-15-10-17(23)20-16(6-3-4-8-24)21(26-19(20)11-15)14-9-13-5-1-2-7-18(13)25-12-14/h1-2,5,7,9-12,26H,3-4,6,8,24H2. The van der Waals surface area contributed by atoms with Crippen molar-refractivity contribution in [3.63, 3.8) is 0 Å². The highest BCUT2D eigenvalue weighted by atomic mass is 35.5. The van der Waals surface area contributed by atoms with Crippen molar-refractivity contribution in [1.29, 1.82) is 0 Å². The van der Waals surface area contributed by atoms with Crippen LogP contribution < -0.4 is 5.73 Å². The van der Waals surface area contributed by atoms with E-state index in [0.717, 1.165) is 52.3 Å². The highest BCUT2D eigenvalue weighted by Gasteiger charge is 2.17. The van der Waals surface area contributed by atoms with Gasteiger partial charge >= 0.3 is 0 Å². The van der Waals surface area contributed by atoms with Crippen LogP contribution in [-0.2, 0) is 6.42 Å². The third-order valence-electron chi connectivity index (χ3n) is 4.68. The fourth-order valence-electron chi connectivity index (χ4n) is 3.46. The van der Waals surface area contributed by atoms with Crippen LogP contribution in [0.4, 0.5) is 0 Å². The SMILES string of the molecule is NCCCCc1c(-c2cnc3ccccc3c2)[nH]c2cc(Cl)cc(Cl)c12. The van der Waals surface area contributed by atoms with E-state index in [4.69, 9.17) is 28.9 Å². The average molecular weight is 384 g/mol. The molecule has 0 amide bonds. The summed E-state index contributed by atoms with van der Waals surface area (Å²) in [7, 11) is 0. The molecule has 2 aromatic carbocycles. The number of aromatic nitrogens is 2. The first-order chi connectivity index (χ1) is 12.7. The molecule has 2 aromatic heterocycles. The van der Waals surface area contributed by atoms with Gasteiger partial charge in [-0.25, -0.2) is 0 Å². The van der Waals surface area contributed by atoms with Crippen LogP contribution in [-0.4, -0.2) is 16.5 Å². The number of benzene rings is 2. The van der Waals surface area contributed by atoms with Gasteiger partial charge in [-0.3, -0.25) is 4.98 Å². The summed E-state index contributed by atoms with van der Waals surface area (Å²) in [4.78, 5) is 8.12. The molecule has 4 rings (SSSR count). The number of unbranched alkanes of at least 4 members (excludes halogenated alkanes) is 1. The summed E-state index contributed by atoms with van der Waals surface area (Å²) in [6.45, 7) is 0.689. The Bertz CT molecular complexity index is 1090. The zero-order valence-electron chi connectivity index (χ0n) is 14.2. The van der Waals surface area contributed by atoms with Gasteiger partial charge in [-0.2, -0.15) is 0 Å². The normalized spacial score (nSPS) is 11.5. The molecule has 3 nitrogen and oxygen atoms in total. The molecule has 0 aliphatic heterocycles. The first-order valence-corrected chi connectivity index (χ1v) is 9.48. The molecule has 26 heavy (non-hydrogen) atoms. The van der Waals surface area contributed by atoms with Crippen molar-refractivity contribution in [1.82, 2.24) is 9.97 Å². The summed E-state index contributed by atoms with van der Waals surface area (Å²) in [5.41, 5.74) is 10.9. The molecule has 0 fully saturated rings. The van der Waals surface area contributed by atoms with E-state index in [-0.39, 0.29) is 0 Å². The molecule has 0 aliphatic rings. The zero-order chi connectivity index (χ0) is 18.1. The van der Waals surface area contributed by atoms with Crippen LogP contribution in [0.15, 0.2) is 48.7 Å². The molecule has 0 atom stereocenters. The molecule has 0 radical (unpaired) electrons. The van der Waals surface area contributed by atoms with Crippen molar-refractivity contribution in [2.45, 2.75) is 19.3 Å². The highest BCUT2D eigenvalue weighted by Crippen LogP contribution is 2.37. The van der Waals surface area contributed by atoms with Gasteiger partial charge in [0.2, 0.25) is 0 Å². The second kappa shape index (κ2) is 7.28. The number of nitrogens with zero attached hydrogens (tertiary/aromatic N) is 1. The molecule has 5 heteroatoms. The first kappa shape index (κ1) is 17.3. The van der Waals surface area contributed by atoms with Gasteiger partial charge in [-0.1, -0.05) is 41.4 Å². The minimum absolute atomic E-state index is 0.625. The quantitative estimate of drug-likeness (QED) is 0.417. The fraction of sp³-hybridized carbons (Fsp3) is 0.190. The number of nitrogens with one attached hydrogen (secondary N) is 1. The summed E-state index contributed by atoms with van der Waals surface area (Å²) in [5, 5.41) is 3.45. The van der Waals surface area contributed by atoms with Crippen LogP contribution in [0.25, 0.3) is 33.1 Å². The molecule has 4 aromatic rings. The lowest BCUT2D eigenvalue weighted by molar-refractivity contribution is 0.748. The average Bonchev–Trinajstić information content (AvgIpc) is 3.00. The van der Waals surface area contributed by atoms with Crippen LogP contribution in [0.5, 0.6) is 0 Å². The van der Waals surface area contributed by atoms with Crippen molar-refractivity contribution in [3.05, 3.63) is 64.3 Å². The van der Waals surface area contributed by atoms with Gasteiger partial charge in [0.05, 0.1) is 16.2 Å². The number of rotatable bonds is 5. The number of hydrogen-bond acceptors (Lipinski definition) is 2. The molecule has 0 bridgehead atoms. The lowest BCUT2D eigenvalue weighted by Crippen LogP contribution is -1.99. The number of H-pyrrole nitrogens is 1. The van der Waals surface area contributed by atoms with E-state index >= 15 is 0 Å². The molecule has 0 unspecified atom stereocenters. The minimum Gasteiger partial charge on any atom is -0.354 e. The Morgan fingerprint density at radius 3 is 2.73 bits per heavy atom. The lowest BCUT2D eigenvalue weighted by Gasteiger charge is -2.07. The van der Waals surface area contributed by atoms with E-state index in [1.165, 1.54) is 5.56 Å². The minimum atomic E-state index is 0.625. The number of nitrogens with two attached hydrogens (primary N) is 1. The summed E-state index contributed by atoms with van der Waals surface area (Å²) < 4.78 is 0. The maximum absolute atomic E-state index is 6.53. The van der Waals surface area contributed by atoms with Gasteiger partial charge in [0.15, 0.2) is 0 Å². The van der Waals surface area contributed by atoms with Gasteiger partial charge < -0.3 is 10.7 Å². The van der Waals surface area contributed by atoms with Crippen LogP contribution in [0.1, 0.15) is 18.4 Å². The van der Waals surface area contributed by atoms with Crippen molar-refractivity contribution >= 4 is 45.0 Å². The van der Waals surface area contributed by atoms with Crippen molar-refractivity contribution in [2.24, 2.45) is 5.73 Å². The Hall–Kier alpha value is -2.07. The Labute approximate surface area is 162 Å². The maximum Gasteiger partial charge on any atom is 0.0702 e. The van der Waals surface area contributed by atoms with E-state index in [9.17, 15) is 0 Å². The van der Waals surface area contributed by atoms with Crippen molar-refractivity contribution in [3.8, 4) is 11.3 Å². The molecular formula is C21H19Cl2N3. The van der Waals surface area contributed by atoms with Crippen LogP contribution in [0.3, 0.4) is 0 Å². The number of para-hydroxylation sites is 1. The second-order valence-corrected chi connectivity index (χ2v) is 7.29. The van der Waals surface area contributed by atoms with E-state index in [1.54, 1.807) is 6.07 Å². The van der Waals surface area contributed by atoms with Crippen LogP contribution in [0, 0.1) is 0 Å². The summed E-state index contributed by atoms with van der Waals surface area (Å²) in [6, 6.07) is 14.0. The van der Waals surface area contributed by atoms with Crippen LogP contribution >= 0.6 is 23.2 Å². The predicted octanol–water partition coefficient (Wildman–Crippen LogP) is 5.97. The molecule has 0 saturated heterocycles. The van der Waals surface area contributed by atoms with Gasteiger partial charge in [-0.05, 0) is 55.6 Å². The van der Waals surface area contributed by atoms with E-state index < -0.39 is 0 Å². The van der Waals surface area contributed by atoms with Gasteiger partial charge in [0.1, 0.15) is 0 Å². The van der Waals surface area contributed by atoms with E-state index in [1.807, 2.05) is 30.5 Å². The summed E-state index contributed by atoms with van der Waals surface area (Å²) in [5.74, 6) is 0. The van der Waals surface area contributed by atoms with Crippen molar-refractivity contribution < 1.29 is 0 Å². The summed E-state index contributed by atoms with van der Waals surface area (Å²) >= 11 is 12.7. The molecule has 132 valence electrons. The van der Waals surface area contributed by atoms with Gasteiger partial charge in [-0.15, -0.1) is 0 Å². The summed E-state index contributed by atoms with van der Waals surface area (Å²) in [6.07, 6.45) is 4.80. The second-order valence-electron chi connectivity index (χ2n) is 6.45. The first-order valence-electron chi connectivity index (χ1n) is 8.72. The lowest BCUT2D eigenvalue weighted by atomic mass is 10.0. The number of aromatic amines is 1. The Morgan fingerprint density at radius 1 is 1.04 bits per heavy atom. The van der Waals surface area contributed by atoms with Crippen LogP contribution in [0.2, 0.25) is 10.0 Å². The smallest absolute Gasteiger partial charge is 0.0702 e. The van der Waals surface area contributed by atoms with Gasteiger partial charge in [0.25, 0.3) is 0 Å². The molecular weight excluding hydrogens is 365 g/mol. The molecule has 0 saturated carbocycles. The molecule has 0 spiro atoms. The van der Waals surface area contributed by atoms with Gasteiger partial charge in [0, 0.05) is 33.1 Å². The third kappa shape index (κ3) is 3.18. The molecule has 2 heterocycles. The third-order valence-corrected chi connectivity index (χ3v) is 5.19. The molecule has 0 aliphatic carbocycles. The van der Waals surface area contributed by atoms with E-state index in [0.29, 0.717) is 16.6 Å². The zero-order valence-corrected chi connectivity index (χ0v) is 15.7. The maximum atomic E-state index is 6.53. The monoisotopic (exact) mass is 383 g/mol. The Kier molecular flexibility index (Phi) is 4.86. The largest absolute Gasteiger partial charge is 0.354 e. The molecule has 3 N–H and O–H groups in total. The topological polar surface area (TPSA) is 54.7 Å².